The summed E-state index contributed by atoms with van der Waals surface area (Å²) < 4.78 is 11.2. The van der Waals surface area contributed by atoms with Crippen molar-refractivity contribution in [2.75, 3.05) is 6.61 Å². The van der Waals surface area contributed by atoms with Crippen LogP contribution in [0, 0.1) is 5.41 Å². The van der Waals surface area contributed by atoms with E-state index in [1.54, 1.807) is 26.0 Å². The lowest BCUT2D eigenvalue weighted by Gasteiger charge is -2.27. The van der Waals surface area contributed by atoms with E-state index in [9.17, 15) is 9.59 Å². The summed E-state index contributed by atoms with van der Waals surface area (Å²) in [5, 5.41) is 2.03. The molecule has 0 saturated carbocycles. The molecule has 2 rings (SSSR count). The fourth-order valence-corrected chi connectivity index (χ4v) is 4.24. The van der Waals surface area contributed by atoms with E-state index >= 15 is 0 Å². The molecule has 2 aromatic carbocycles. The summed E-state index contributed by atoms with van der Waals surface area (Å²) >= 11 is 12.6. The number of unbranched alkanes of at least 4 members (excludes halogenated alkanes) is 5. The molecule has 0 atom stereocenters. The minimum atomic E-state index is -1.37. The van der Waals surface area contributed by atoms with E-state index in [0.29, 0.717) is 17.0 Å². The van der Waals surface area contributed by atoms with E-state index in [4.69, 9.17) is 32.7 Å². The number of ether oxygens (including phenoxy) is 2. The fourth-order valence-electron chi connectivity index (χ4n) is 3.66. The van der Waals surface area contributed by atoms with Gasteiger partial charge in [-0.3, -0.25) is 9.59 Å². The lowest BCUT2D eigenvalue weighted by Crippen LogP contribution is -2.42. The quantitative estimate of drug-likeness (QED) is 0.139. The minimum Gasteiger partial charge on any atom is -0.465 e. The van der Waals surface area contributed by atoms with Gasteiger partial charge < -0.3 is 9.47 Å². The smallest absolute Gasteiger partial charge is 0.328 e. The molecular weight excluding hydrogens is 435 g/mol. The molecule has 4 nitrogen and oxygen atoms in total. The molecular formula is C25H32Cl2O4. The van der Waals surface area contributed by atoms with Gasteiger partial charge in [0.25, 0.3) is 0 Å². The van der Waals surface area contributed by atoms with Crippen molar-refractivity contribution in [2.45, 2.75) is 72.1 Å². The van der Waals surface area contributed by atoms with Crippen LogP contribution < -0.4 is 4.74 Å². The van der Waals surface area contributed by atoms with Crippen molar-refractivity contribution in [3.05, 3.63) is 40.4 Å². The molecule has 0 aromatic heterocycles. The van der Waals surface area contributed by atoms with Crippen LogP contribution in [-0.4, -0.2) is 18.5 Å². The summed E-state index contributed by atoms with van der Waals surface area (Å²) in [5.41, 5.74) is -1.37. The first-order valence-electron chi connectivity index (χ1n) is 11.2. The summed E-state index contributed by atoms with van der Waals surface area (Å²) in [6.45, 7) is 6.07. The standard InChI is InChI=1S/C25H32Cl2O4/c1-4-7-8-9-10-13-16-30-23(28)25(5-2,6-3)24(29)31-22-19-15-12-11-14-18(19)20(26)17-21(22)27/h11-12,14-15,17H,4-10,13,16H2,1-3H3. The van der Waals surface area contributed by atoms with Gasteiger partial charge in [-0.15, -0.1) is 0 Å². The van der Waals surface area contributed by atoms with E-state index in [1.165, 1.54) is 19.3 Å². The maximum absolute atomic E-state index is 13.2. The molecule has 2 aromatic rings. The predicted molar refractivity (Wildman–Crippen MR) is 127 cm³/mol. The van der Waals surface area contributed by atoms with Crippen LogP contribution in [0.3, 0.4) is 0 Å². The van der Waals surface area contributed by atoms with Crippen molar-refractivity contribution in [1.29, 1.82) is 0 Å². The summed E-state index contributed by atoms with van der Waals surface area (Å²) in [6, 6.07) is 8.81. The second kappa shape index (κ2) is 12.3. The zero-order valence-corrected chi connectivity index (χ0v) is 20.2. The van der Waals surface area contributed by atoms with E-state index in [-0.39, 0.29) is 23.6 Å². The number of fused-ring (bicyclic) bond motifs is 1. The van der Waals surface area contributed by atoms with Gasteiger partial charge in [0.15, 0.2) is 11.2 Å². The van der Waals surface area contributed by atoms with E-state index in [2.05, 4.69) is 6.92 Å². The Kier molecular flexibility index (Phi) is 10.1. The molecule has 0 aliphatic carbocycles. The van der Waals surface area contributed by atoms with Gasteiger partial charge in [-0.1, -0.05) is 100 Å². The Morgan fingerprint density at radius 3 is 2.10 bits per heavy atom. The Bertz CT molecular complexity index is 890. The summed E-state index contributed by atoms with van der Waals surface area (Å²) in [7, 11) is 0. The molecule has 0 amide bonds. The molecule has 0 heterocycles. The average Bonchev–Trinajstić information content (AvgIpc) is 2.77. The number of hydrogen-bond acceptors (Lipinski definition) is 4. The van der Waals surface area contributed by atoms with Crippen LogP contribution in [0.15, 0.2) is 30.3 Å². The molecule has 0 spiro atoms. The zero-order chi connectivity index (χ0) is 22.9. The SMILES string of the molecule is CCCCCCCCOC(=O)C(CC)(CC)C(=O)Oc1c(Cl)cc(Cl)c2ccccc12. The third-order valence-electron chi connectivity index (χ3n) is 5.81. The van der Waals surface area contributed by atoms with E-state index < -0.39 is 17.4 Å². The Balaban J connectivity index is 2.13. The molecule has 6 heteroatoms. The van der Waals surface area contributed by atoms with Gasteiger partial charge in [-0.25, -0.2) is 0 Å². The number of benzene rings is 2. The Labute approximate surface area is 195 Å². The minimum absolute atomic E-state index is 0.210. The van der Waals surface area contributed by atoms with Crippen LogP contribution in [0.4, 0.5) is 0 Å². The normalized spacial score (nSPS) is 11.5. The highest BCUT2D eigenvalue weighted by Crippen LogP contribution is 2.40. The highest BCUT2D eigenvalue weighted by atomic mass is 35.5. The number of rotatable bonds is 12. The molecule has 170 valence electrons. The molecule has 0 N–H and O–H groups in total. The van der Waals surface area contributed by atoms with Crippen LogP contribution in [0.2, 0.25) is 10.0 Å². The van der Waals surface area contributed by atoms with Crippen LogP contribution in [-0.2, 0) is 14.3 Å². The number of halogens is 2. The molecule has 31 heavy (non-hydrogen) atoms. The van der Waals surface area contributed by atoms with E-state index in [1.807, 2.05) is 18.2 Å². The summed E-state index contributed by atoms with van der Waals surface area (Å²) in [5.74, 6) is -0.980. The second-order valence-electron chi connectivity index (χ2n) is 7.80. The maximum Gasteiger partial charge on any atom is 0.328 e. The van der Waals surface area contributed by atoms with Crippen molar-refractivity contribution in [1.82, 2.24) is 0 Å². The van der Waals surface area contributed by atoms with Crippen molar-refractivity contribution in [3.63, 3.8) is 0 Å². The first-order chi connectivity index (χ1) is 14.9. The second-order valence-corrected chi connectivity index (χ2v) is 8.61. The van der Waals surface area contributed by atoms with Gasteiger partial charge in [-0.2, -0.15) is 0 Å². The molecule has 0 aliphatic rings. The highest BCUT2D eigenvalue weighted by molar-refractivity contribution is 6.40. The largest absolute Gasteiger partial charge is 0.465 e. The third kappa shape index (κ3) is 6.14. The molecule has 0 fully saturated rings. The van der Waals surface area contributed by atoms with E-state index in [0.717, 1.165) is 24.6 Å². The van der Waals surface area contributed by atoms with Crippen molar-refractivity contribution in [3.8, 4) is 5.75 Å². The van der Waals surface area contributed by atoms with Crippen LogP contribution in [0.1, 0.15) is 72.1 Å². The lowest BCUT2D eigenvalue weighted by molar-refractivity contribution is -0.168. The number of carbonyl (C=O) groups excluding carboxylic acids is 2. The van der Waals surface area contributed by atoms with Crippen LogP contribution in [0.5, 0.6) is 5.75 Å². The first kappa shape index (κ1) is 25.5. The molecule has 0 saturated heterocycles. The van der Waals surface area contributed by atoms with Crippen LogP contribution in [0.25, 0.3) is 10.8 Å². The summed E-state index contributed by atoms with van der Waals surface area (Å²) in [6.07, 6.45) is 7.10. The lowest BCUT2D eigenvalue weighted by atomic mass is 9.82. The average molecular weight is 467 g/mol. The fraction of sp³-hybridized carbons (Fsp3) is 0.520. The molecule has 0 bridgehead atoms. The van der Waals surface area contributed by atoms with Crippen molar-refractivity contribution in [2.24, 2.45) is 5.41 Å². The third-order valence-corrected chi connectivity index (χ3v) is 6.41. The topological polar surface area (TPSA) is 52.6 Å². The monoisotopic (exact) mass is 466 g/mol. The highest BCUT2D eigenvalue weighted by Gasteiger charge is 2.46. The Morgan fingerprint density at radius 2 is 1.45 bits per heavy atom. The molecule has 0 unspecified atom stereocenters. The van der Waals surface area contributed by atoms with Gasteiger partial charge in [0, 0.05) is 10.8 Å². The summed E-state index contributed by atoms with van der Waals surface area (Å²) in [4.78, 5) is 26.1. The van der Waals surface area contributed by atoms with Gasteiger partial charge in [0.2, 0.25) is 0 Å². The van der Waals surface area contributed by atoms with Gasteiger partial charge in [0.1, 0.15) is 0 Å². The predicted octanol–water partition coefficient (Wildman–Crippen LogP) is 7.76. The Morgan fingerprint density at radius 1 is 0.839 bits per heavy atom. The molecule has 0 radical (unpaired) electrons. The van der Waals surface area contributed by atoms with Crippen LogP contribution >= 0.6 is 23.2 Å². The Hall–Kier alpha value is -1.78. The van der Waals surface area contributed by atoms with Crippen molar-refractivity contribution >= 4 is 45.9 Å². The molecule has 0 aliphatic heterocycles. The number of carbonyl (C=O) groups is 2. The number of esters is 2. The van der Waals surface area contributed by atoms with Crippen molar-refractivity contribution < 1.29 is 19.1 Å². The zero-order valence-electron chi connectivity index (χ0n) is 18.6. The number of hydrogen-bond donors (Lipinski definition) is 0. The van der Waals surface area contributed by atoms with Gasteiger partial charge >= 0.3 is 11.9 Å². The van der Waals surface area contributed by atoms with Gasteiger partial charge in [0.05, 0.1) is 16.7 Å². The van der Waals surface area contributed by atoms with Gasteiger partial charge in [-0.05, 0) is 25.3 Å². The first-order valence-corrected chi connectivity index (χ1v) is 11.9. The maximum atomic E-state index is 13.2.